The third-order valence-corrected chi connectivity index (χ3v) is 4.36. The maximum absolute atomic E-state index is 5.53. The first kappa shape index (κ1) is 16.5. The van der Waals surface area contributed by atoms with Gasteiger partial charge in [0.15, 0.2) is 0 Å². The Morgan fingerprint density at radius 1 is 1.43 bits per heavy atom. The second-order valence-corrected chi connectivity index (χ2v) is 6.12. The molecule has 0 spiro atoms. The van der Waals surface area contributed by atoms with Gasteiger partial charge in [-0.1, -0.05) is 13.8 Å². The number of nitrogens with one attached hydrogen (secondary N) is 1. The van der Waals surface area contributed by atoms with E-state index in [1.165, 1.54) is 30.7 Å². The quantitative estimate of drug-likeness (QED) is 0.761. The molecule has 0 bridgehead atoms. The number of hydrogen-bond acceptors (Lipinski definition) is 3. The van der Waals surface area contributed by atoms with Gasteiger partial charge < -0.3 is 10.1 Å². The van der Waals surface area contributed by atoms with E-state index >= 15 is 0 Å². The zero-order valence-electron chi connectivity index (χ0n) is 13.9. The summed E-state index contributed by atoms with van der Waals surface area (Å²) in [7, 11) is 0. The van der Waals surface area contributed by atoms with Crippen LogP contribution in [0.4, 0.5) is 0 Å². The van der Waals surface area contributed by atoms with Gasteiger partial charge in [0.1, 0.15) is 0 Å². The van der Waals surface area contributed by atoms with E-state index in [-0.39, 0.29) is 0 Å². The third-order valence-electron chi connectivity index (χ3n) is 4.36. The maximum atomic E-state index is 5.53. The van der Waals surface area contributed by atoms with E-state index in [1.54, 1.807) is 0 Å². The molecule has 0 aliphatic carbocycles. The molecule has 1 saturated heterocycles. The molecule has 2 rings (SSSR count). The lowest BCUT2D eigenvalue weighted by Gasteiger charge is -2.21. The van der Waals surface area contributed by atoms with E-state index in [2.05, 4.69) is 41.9 Å². The van der Waals surface area contributed by atoms with Gasteiger partial charge in [-0.15, -0.1) is 0 Å². The fourth-order valence-electron chi connectivity index (χ4n) is 3.14. The normalized spacial score (nSPS) is 20.0. The van der Waals surface area contributed by atoms with Gasteiger partial charge in [-0.2, -0.15) is 5.10 Å². The van der Waals surface area contributed by atoms with Crippen molar-refractivity contribution in [2.45, 2.75) is 65.5 Å². The monoisotopic (exact) mass is 293 g/mol. The van der Waals surface area contributed by atoms with Crippen molar-refractivity contribution in [3.05, 3.63) is 17.5 Å². The summed E-state index contributed by atoms with van der Waals surface area (Å²) in [5.41, 5.74) is 2.59. The smallest absolute Gasteiger partial charge is 0.0624 e. The van der Waals surface area contributed by atoms with Crippen molar-refractivity contribution < 1.29 is 4.74 Å². The molecule has 2 unspecified atom stereocenters. The molecule has 2 heterocycles. The summed E-state index contributed by atoms with van der Waals surface area (Å²) in [6.07, 6.45) is 5.72. The molecule has 1 aliphatic heterocycles. The molecule has 1 aromatic heterocycles. The van der Waals surface area contributed by atoms with Crippen molar-refractivity contribution in [2.75, 3.05) is 19.8 Å². The number of rotatable bonds is 9. The fraction of sp³-hybridized carbons (Fsp3) is 0.824. The Kier molecular flexibility index (Phi) is 6.71. The zero-order valence-corrected chi connectivity index (χ0v) is 13.9. The molecule has 0 aromatic carbocycles. The van der Waals surface area contributed by atoms with Gasteiger partial charge >= 0.3 is 0 Å². The average molecular weight is 293 g/mol. The first-order valence-electron chi connectivity index (χ1n) is 8.63. The predicted molar refractivity (Wildman–Crippen MR) is 86.6 cm³/mol. The lowest BCUT2D eigenvalue weighted by molar-refractivity contribution is 0.181. The van der Waals surface area contributed by atoms with Crippen molar-refractivity contribution in [1.29, 1.82) is 0 Å². The highest BCUT2D eigenvalue weighted by Crippen LogP contribution is 2.20. The van der Waals surface area contributed by atoms with Gasteiger partial charge in [-0.05, 0) is 51.1 Å². The highest BCUT2D eigenvalue weighted by atomic mass is 16.5. The van der Waals surface area contributed by atoms with E-state index in [1.807, 2.05) is 0 Å². The Labute approximate surface area is 129 Å². The van der Waals surface area contributed by atoms with Crippen LogP contribution >= 0.6 is 0 Å². The summed E-state index contributed by atoms with van der Waals surface area (Å²) >= 11 is 0. The van der Waals surface area contributed by atoms with Crippen LogP contribution in [0, 0.1) is 5.92 Å². The van der Waals surface area contributed by atoms with Crippen molar-refractivity contribution in [3.8, 4) is 0 Å². The van der Waals surface area contributed by atoms with Crippen molar-refractivity contribution in [1.82, 2.24) is 15.1 Å². The summed E-state index contributed by atoms with van der Waals surface area (Å²) in [6, 6.07) is 2.83. The molecule has 0 amide bonds. The van der Waals surface area contributed by atoms with Crippen LogP contribution in [-0.4, -0.2) is 35.6 Å². The van der Waals surface area contributed by atoms with Crippen LogP contribution in [0.15, 0.2) is 6.07 Å². The van der Waals surface area contributed by atoms with Gasteiger partial charge in [-0.3, -0.25) is 4.68 Å². The lowest BCUT2D eigenvalue weighted by atomic mass is 9.96. The minimum Gasteiger partial charge on any atom is -0.381 e. The van der Waals surface area contributed by atoms with Crippen LogP contribution in [0.5, 0.6) is 0 Å². The molecule has 120 valence electrons. The van der Waals surface area contributed by atoms with Crippen LogP contribution in [0.1, 0.15) is 51.4 Å². The largest absolute Gasteiger partial charge is 0.381 e. The van der Waals surface area contributed by atoms with Crippen LogP contribution in [0.3, 0.4) is 0 Å². The molecule has 21 heavy (non-hydrogen) atoms. The van der Waals surface area contributed by atoms with E-state index in [4.69, 9.17) is 4.74 Å². The van der Waals surface area contributed by atoms with Gasteiger partial charge in [0, 0.05) is 37.9 Å². The standard InChI is InChI=1S/C17H31N3O/c1-4-8-18-16(10-14-7-9-21-13-14)12-17-11-15(5-2)19-20(17)6-3/h11,14,16,18H,4-10,12-13H2,1-3H3. The topological polar surface area (TPSA) is 39.1 Å². The zero-order chi connectivity index (χ0) is 15.1. The first-order valence-corrected chi connectivity index (χ1v) is 8.63. The Morgan fingerprint density at radius 2 is 2.29 bits per heavy atom. The Bertz CT molecular complexity index is 410. The summed E-state index contributed by atoms with van der Waals surface area (Å²) in [4.78, 5) is 0. The van der Waals surface area contributed by atoms with E-state index in [9.17, 15) is 0 Å². The van der Waals surface area contributed by atoms with Gasteiger partial charge in [-0.25, -0.2) is 0 Å². The minimum absolute atomic E-state index is 0.545. The fourth-order valence-corrected chi connectivity index (χ4v) is 3.14. The molecule has 4 heteroatoms. The van der Waals surface area contributed by atoms with Gasteiger partial charge in [0.2, 0.25) is 0 Å². The van der Waals surface area contributed by atoms with Crippen LogP contribution in [0.25, 0.3) is 0 Å². The highest BCUT2D eigenvalue weighted by molar-refractivity contribution is 5.12. The molecule has 1 aliphatic rings. The van der Waals surface area contributed by atoms with Crippen LogP contribution in [0.2, 0.25) is 0 Å². The number of ether oxygens (including phenoxy) is 1. The second-order valence-electron chi connectivity index (χ2n) is 6.12. The van der Waals surface area contributed by atoms with Gasteiger partial charge in [0.05, 0.1) is 5.69 Å². The highest BCUT2D eigenvalue weighted by Gasteiger charge is 2.22. The number of hydrogen-bond donors (Lipinski definition) is 1. The van der Waals surface area contributed by atoms with E-state index in [0.29, 0.717) is 6.04 Å². The maximum Gasteiger partial charge on any atom is 0.0624 e. The molecule has 1 aromatic rings. The first-order chi connectivity index (χ1) is 10.3. The molecule has 0 saturated carbocycles. The second kappa shape index (κ2) is 8.54. The van der Waals surface area contributed by atoms with Crippen molar-refractivity contribution >= 4 is 0 Å². The summed E-state index contributed by atoms with van der Waals surface area (Å²) in [6.45, 7) is 10.5. The summed E-state index contributed by atoms with van der Waals surface area (Å²) < 4.78 is 7.70. The number of aromatic nitrogens is 2. The molecule has 4 nitrogen and oxygen atoms in total. The predicted octanol–water partition coefficient (Wildman–Crippen LogP) is 2.80. The SMILES string of the molecule is CCCNC(Cc1cc(CC)nn1CC)CC1CCOC1. The number of aryl methyl sites for hydroxylation is 2. The average Bonchev–Trinajstić information content (AvgIpc) is 3.14. The molecule has 1 fully saturated rings. The third kappa shape index (κ3) is 4.82. The van der Waals surface area contributed by atoms with E-state index < -0.39 is 0 Å². The lowest BCUT2D eigenvalue weighted by Crippen LogP contribution is -2.34. The molecule has 0 radical (unpaired) electrons. The molecule has 2 atom stereocenters. The Hall–Kier alpha value is -0.870. The Morgan fingerprint density at radius 3 is 2.90 bits per heavy atom. The van der Waals surface area contributed by atoms with E-state index in [0.717, 1.165) is 45.1 Å². The summed E-state index contributed by atoms with van der Waals surface area (Å²) in [5.74, 6) is 0.725. The molecular formula is C17H31N3O. The summed E-state index contributed by atoms with van der Waals surface area (Å²) in [5, 5.41) is 8.40. The molecule has 1 N–H and O–H groups in total. The van der Waals surface area contributed by atoms with Crippen molar-refractivity contribution in [2.24, 2.45) is 5.92 Å². The van der Waals surface area contributed by atoms with Crippen LogP contribution < -0.4 is 5.32 Å². The van der Waals surface area contributed by atoms with Crippen molar-refractivity contribution in [3.63, 3.8) is 0 Å². The molecular weight excluding hydrogens is 262 g/mol. The number of nitrogens with zero attached hydrogens (tertiary/aromatic N) is 2. The Balaban J connectivity index is 2.00. The van der Waals surface area contributed by atoms with Crippen LogP contribution in [-0.2, 0) is 24.1 Å². The van der Waals surface area contributed by atoms with Gasteiger partial charge in [0.25, 0.3) is 0 Å². The minimum atomic E-state index is 0.545.